The molecule has 1 heterocycles. The molecule has 0 N–H and O–H groups in total. The van der Waals surface area contributed by atoms with E-state index in [-0.39, 0.29) is 6.42 Å². The van der Waals surface area contributed by atoms with Crippen LogP contribution in [0.25, 0.3) is 11.3 Å². The number of carbonyl (C=O) groups excluding carboxylic acids is 1. The minimum Gasteiger partial charge on any atom is -0.493 e. The number of carbonyl (C=O) groups is 1. The van der Waals surface area contributed by atoms with E-state index < -0.39 is 6.56 Å². The molecule has 3 aromatic rings. The zero-order valence-electron chi connectivity index (χ0n) is 16.0. The summed E-state index contributed by atoms with van der Waals surface area (Å²) in [4.78, 5) is 11.1. The third-order valence-corrected chi connectivity index (χ3v) is 3.95. The molecule has 0 saturated carbocycles. The fraction of sp³-hybridized carbons (Fsp3) is 0.227. The fourth-order valence-corrected chi connectivity index (χ4v) is 2.63. The van der Waals surface area contributed by atoms with Crippen LogP contribution in [0.15, 0.2) is 71.3 Å². The quantitative estimate of drug-likeness (QED) is 0.380. The molecule has 0 spiro atoms. The molecule has 3 heteroatoms. The Morgan fingerprint density at radius 1 is 1.00 bits per heavy atom. The van der Waals surface area contributed by atoms with Crippen LogP contribution in [0.4, 0.5) is 0 Å². The summed E-state index contributed by atoms with van der Waals surface area (Å²) in [7, 11) is 0. The van der Waals surface area contributed by atoms with E-state index in [0.717, 1.165) is 19.1 Å². The largest absolute Gasteiger partial charge is 0.493 e. The van der Waals surface area contributed by atoms with Gasteiger partial charge in [0.25, 0.3) is 0 Å². The van der Waals surface area contributed by atoms with Gasteiger partial charge in [0.05, 0.1) is 21.1 Å². The third-order valence-electron chi connectivity index (χ3n) is 3.95. The highest BCUT2D eigenvalue weighted by molar-refractivity contribution is 5.80. The number of hydrogen-bond donors (Lipinski definition) is 0. The average Bonchev–Trinajstić information content (AvgIpc) is 3.21. The number of aryl methyl sites for hydroxylation is 1. The second kappa shape index (κ2) is 8.88. The summed E-state index contributed by atoms with van der Waals surface area (Å²) in [5.41, 5.74) is 2.30. The Bertz CT molecular complexity index is 859. The molecule has 128 valence electrons. The Hall–Kier alpha value is -2.81. The predicted molar refractivity (Wildman–Crippen MR) is 99.0 cm³/mol. The lowest BCUT2D eigenvalue weighted by atomic mass is 10.1. The van der Waals surface area contributed by atoms with Gasteiger partial charge < -0.3 is 9.15 Å². The van der Waals surface area contributed by atoms with Crippen LogP contribution in [0.3, 0.4) is 0 Å². The summed E-state index contributed by atoms with van der Waals surface area (Å²) in [5, 5.41) is 0. The van der Waals surface area contributed by atoms with Gasteiger partial charge in [0.15, 0.2) is 0 Å². The maximum absolute atomic E-state index is 11.1. The van der Waals surface area contributed by atoms with E-state index in [4.69, 9.17) is 11.9 Å². The molecule has 1 aromatic heterocycles. The molecular weight excluding hydrogens is 312 g/mol. The van der Waals surface area contributed by atoms with E-state index >= 15 is 0 Å². The van der Waals surface area contributed by atoms with Gasteiger partial charge in [-0.3, -0.25) is 4.79 Å². The number of furan rings is 1. The number of aldehydes is 1. The van der Waals surface area contributed by atoms with Crippen LogP contribution in [0.1, 0.15) is 37.9 Å². The van der Waals surface area contributed by atoms with Gasteiger partial charge in [-0.2, -0.15) is 0 Å². The Morgan fingerprint density at radius 2 is 1.88 bits per heavy atom. The van der Waals surface area contributed by atoms with Gasteiger partial charge >= 0.3 is 0 Å². The maximum Gasteiger partial charge on any atom is 0.150 e. The number of ether oxygens (including phenoxy) is 1. The van der Waals surface area contributed by atoms with Crippen molar-refractivity contribution in [2.24, 2.45) is 0 Å². The monoisotopic (exact) mass is 336 g/mol. The number of unbranched alkanes of at least 4 members (excludes halogenated alkanes) is 1. The van der Waals surface area contributed by atoms with E-state index in [0.29, 0.717) is 29.1 Å². The third kappa shape index (κ3) is 4.83. The Labute approximate surface area is 151 Å². The second-order valence-electron chi connectivity index (χ2n) is 5.79. The average molecular weight is 336 g/mol. The Morgan fingerprint density at radius 3 is 2.64 bits per heavy atom. The van der Waals surface area contributed by atoms with Crippen molar-refractivity contribution >= 4 is 6.29 Å². The van der Waals surface area contributed by atoms with Crippen LogP contribution in [0.2, 0.25) is 0 Å². The first kappa shape index (κ1) is 14.5. The molecule has 0 aliphatic heterocycles. The molecular formula is C22H22O3. The molecule has 0 bridgehead atoms. The van der Waals surface area contributed by atoms with Gasteiger partial charge in [-0.1, -0.05) is 30.3 Å². The molecule has 0 unspecified atom stereocenters. The van der Waals surface area contributed by atoms with Crippen molar-refractivity contribution in [3.05, 3.63) is 78.1 Å². The number of hydrogen-bond acceptors (Lipinski definition) is 3. The highest BCUT2D eigenvalue weighted by Gasteiger charge is 2.10. The second-order valence-corrected chi connectivity index (χ2v) is 5.79. The van der Waals surface area contributed by atoms with Crippen molar-refractivity contribution in [1.82, 2.24) is 0 Å². The molecule has 0 amide bonds. The molecule has 3 nitrogen and oxygen atoms in total. The molecule has 0 atom stereocenters. The van der Waals surface area contributed by atoms with Crippen molar-refractivity contribution < 1.29 is 16.7 Å². The van der Waals surface area contributed by atoms with E-state index in [2.05, 4.69) is 12.1 Å². The minimum atomic E-state index is -1.80. The first-order chi connectivity index (χ1) is 13.1. The molecule has 2 aromatic carbocycles. The SMILES string of the molecule is [2H]C([2H])(CCCCc1ccccc1)Oc1ccc(C=O)cc1-c1ccco1. The van der Waals surface area contributed by atoms with Crippen molar-refractivity contribution in [2.75, 3.05) is 6.56 Å². The first-order valence-electron chi connectivity index (χ1n) is 9.43. The van der Waals surface area contributed by atoms with Crippen LogP contribution < -0.4 is 4.74 Å². The predicted octanol–water partition coefficient (Wildman–Crippen LogP) is 5.55. The van der Waals surface area contributed by atoms with Crippen LogP contribution in [-0.4, -0.2) is 12.8 Å². The normalized spacial score (nSPS) is 12.3. The maximum atomic E-state index is 11.1. The Balaban J connectivity index is 1.63. The van der Waals surface area contributed by atoms with Crippen LogP contribution >= 0.6 is 0 Å². The summed E-state index contributed by atoms with van der Waals surface area (Å²) >= 11 is 0. The zero-order chi connectivity index (χ0) is 19.1. The standard InChI is InChI=1S/C22H22O3/c23-17-19-12-13-22(20(16-19)21-11-7-15-25-21)24-14-6-2-5-10-18-8-3-1-4-9-18/h1,3-4,7-9,11-13,15-17H,2,5-6,10,14H2/i14D2. The lowest BCUT2D eigenvalue weighted by molar-refractivity contribution is 0.112. The molecule has 0 saturated heterocycles. The van der Waals surface area contributed by atoms with E-state index in [1.54, 1.807) is 30.3 Å². The van der Waals surface area contributed by atoms with Crippen LogP contribution in [-0.2, 0) is 6.42 Å². The summed E-state index contributed by atoms with van der Waals surface area (Å²) < 4.78 is 27.5. The number of benzene rings is 2. The smallest absolute Gasteiger partial charge is 0.150 e. The summed E-state index contributed by atoms with van der Waals surface area (Å²) in [6.07, 6.45) is 5.08. The first-order valence-corrected chi connectivity index (χ1v) is 8.43. The topological polar surface area (TPSA) is 39.4 Å². The molecule has 25 heavy (non-hydrogen) atoms. The highest BCUT2D eigenvalue weighted by Crippen LogP contribution is 2.31. The van der Waals surface area contributed by atoms with Gasteiger partial charge in [-0.15, -0.1) is 0 Å². The molecule has 0 aliphatic rings. The summed E-state index contributed by atoms with van der Waals surface area (Å²) in [5.74, 6) is 0.900. The van der Waals surface area contributed by atoms with Crippen molar-refractivity contribution in [3.8, 4) is 17.1 Å². The highest BCUT2D eigenvalue weighted by atomic mass is 16.5. The van der Waals surface area contributed by atoms with E-state index in [1.807, 2.05) is 18.2 Å². The van der Waals surface area contributed by atoms with Crippen LogP contribution in [0, 0.1) is 0 Å². The van der Waals surface area contributed by atoms with Crippen LogP contribution in [0.5, 0.6) is 5.75 Å². The van der Waals surface area contributed by atoms with Crippen molar-refractivity contribution in [3.63, 3.8) is 0 Å². The summed E-state index contributed by atoms with van der Waals surface area (Å²) in [6.45, 7) is -1.80. The zero-order valence-corrected chi connectivity index (χ0v) is 14.0. The molecule has 0 fully saturated rings. The van der Waals surface area contributed by atoms with Gasteiger partial charge in [-0.05, 0) is 61.6 Å². The summed E-state index contributed by atoms with van der Waals surface area (Å²) in [6, 6.07) is 18.5. The minimum absolute atomic E-state index is 0.285. The van der Waals surface area contributed by atoms with Gasteiger partial charge in [-0.25, -0.2) is 0 Å². The van der Waals surface area contributed by atoms with Crippen molar-refractivity contribution in [1.29, 1.82) is 0 Å². The lowest BCUT2D eigenvalue weighted by Crippen LogP contribution is -2.00. The van der Waals surface area contributed by atoms with Gasteiger partial charge in [0.1, 0.15) is 17.8 Å². The van der Waals surface area contributed by atoms with Crippen molar-refractivity contribution in [2.45, 2.75) is 25.7 Å². The van der Waals surface area contributed by atoms with Gasteiger partial charge in [0.2, 0.25) is 0 Å². The fourth-order valence-electron chi connectivity index (χ4n) is 2.63. The molecule has 0 radical (unpaired) electrons. The van der Waals surface area contributed by atoms with E-state index in [1.165, 1.54) is 11.8 Å². The number of rotatable bonds is 9. The Kier molecular flexibility index (Phi) is 5.16. The molecule has 0 aliphatic carbocycles. The lowest BCUT2D eigenvalue weighted by Gasteiger charge is -2.11. The van der Waals surface area contributed by atoms with Gasteiger partial charge in [0, 0.05) is 5.56 Å². The molecule has 3 rings (SSSR count). The van der Waals surface area contributed by atoms with E-state index in [9.17, 15) is 4.79 Å².